The Balaban J connectivity index is 1.22. The van der Waals surface area contributed by atoms with E-state index >= 15 is 0 Å². The molecule has 21 aliphatic rings. The van der Waals surface area contributed by atoms with Crippen LogP contribution in [0.2, 0.25) is 0 Å². The first kappa shape index (κ1) is 79.9. The molecule has 21 aliphatic heterocycles. The molecule has 96 heavy (non-hydrogen) atoms. The van der Waals surface area contributed by atoms with Crippen molar-refractivity contribution in [3.05, 3.63) is 25.3 Å². The van der Waals surface area contributed by atoms with Crippen LogP contribution in [0.5, 0.6) is 0 Å². The molecule has 21 rings (SSSR count). The fourth-order valence-electron chi connectivity index (χ4n) is 14.5. The number of rotatable bonds is 26. The molecule has 0 amide bonds. The van der Waals surface area contributed by atoms with Gasteiger partial charge in [0.25, 0.3) is 0 Å². The van der Waals surface area contributed by atoms with E-state index in [0.29, 0.717) is 0 Å². The lowest BCUT2D eigenvalue weighted by molar-refractivity contribution is -0.401. The molecule has 14 bridgehead atoms. The molecule has 21 saturated heterocycles. The third-order valence-electron chi connectivity index (χ3n) is 19.0. The first-order valence-corrected chi connectivity index (χ1v) is 32.0. The molecule has 21 fully saturated rings. The van der Waals surface area contributed by atoms with Crippen LogP contribution in [0, 0.1) is 0 Å². The first-order valence-electron chi connectivity index (χ1n) is 32.0. The maximum absolute atomic E-state index is 7.02. The molecule has 21 heterocycles. The van der Waals surface area contributed by atoms with E-state index in [9.17, 15) is 0 Å². The Morgan fingerprint density at radius 2 is 0.344 bits per heavy atom. The number of methoxy groups -OCH3 is 19. The normalized spacial score (nSPS) is 46.7. The molecule has 0 N–H and O–H groups in total. The van der Waals surface area contributed by atoms with Crippen molar-refractivity contribution in [2.45, 2.75) is 215 Å². The minimum Gasteiger partial charge on any atom is -0.382 e. The Bertz CT molecular complexity index is 2220. The molecule has 33 nitrogen and oxygen atoms in total. The lowest BCUT2D eigenvalue weighted by Crippen LogP contribution is -2.69. The van der Waals surface area contributed by atoms with E-state index in [0.717, 1.165) is 0 Å². The van der Waals surface area contributed by atoms with Gasteiger partial charge in [-0.05, 0) is 0 Å². The minimum atomic E-state index is -1.21. The van der Waals surface area contributed by atoms with Crippen LogP contribution in [0.4, 0.5) is 0 Å². The summed E-state index contributed by atoms with van der Waals surface area (Å²) < 4.78 is 213. The SMILES string of the molecule is C=C[C@H]1O[C@@H]2O[C@H]3[C@H](OC)[C@@H](OC)[C@@H](O[C@H]4[C@H](OC)[C@@H](OC)[C@@H](O[C@H]5[C@H](OC)[C@@H](OC)[C@@H](O[C@H]6[C@H](OC)[C@@H](OC)[C@@H](O[C@H]7[C@@H](OC)[C@@H](OC)[C@@H](O[C@H]8[C@@H](OC)[C@H](OC)[C@@H](O[C@H]1[C@H](OC)[C@H]2OC)O[C@@H]8COC)O[C@@H]7COC)O[C@@H]6COC)O[C@@H]5COC)O[C@@H]4C=C)O[C@@H]3COC. The van der Waals surface area contributed by atoms with E-state index in [1.807, 2.05) is 0 Å². The van der Waals surface area contributed by atoms with Gasteiger partial charge in [0.2, 0.25) is 0 Å². The van der Waals surface area contributed by atoms with Gasteiger partial charge in [-0.2, -0.15) is 0 Å². The van der Waals surface area contributed by atoms with Crippen molar-refractivity contribution >= 4 is 0 Å². The minimum absolute atomic E-state index is 0.0314. The molecule has 0 saturated carbocycles. The highest BCUT2D eigenvalue weighted by atomic mass is 16.8. The standard InChI is InChI=1S/C63H108O33/c1-22-29-36-43(69-8)51(77-16)58(84-29)93-39-32(25-65-4)87-61(54(80-19)46(39)72-11)95-41-34(27-67-6)89-63(56(82-21)48(41)74-13)96-42-35(28-68-7)88-62(55(81-20)49(42)75-14)94-40-33(26-66-5)86-60(53(79-18)47(40)73-12)91-37-30(23-2)83-57(50(76-15)44(37)70-9)92-38-31(24-64-3)85-59(90-36)52(78-17)45(38)71-10/h22-23,29-63H,1-2,24-28H2,3-21H3/t29-,30-,31-,32-,33-,34-,35-,36-,37-,38-,39-,40-,41-,42-,43+,44+,45+,46+,47-,48+,49-,50-,51-,52-,53+,54-,55-,56-,57-,58-,59-,60-,61-,62-,63-/m1/s1. The zero-order valence-corrected chi connectivity index (χ0v) is 58.8. The van der Waals surface area contributed by atoms with Crippen molar-refractivity contribution in [1.82, 2.24) is 0 Å². The Morgan fingerprint density at radius 3 is 0.490 bits per heavy atom. The van der Waals surface area contributed by atoms with Gasteiger partial charge in [-0.25, -0.2) is 0 Å². The van der Waals surface area contributed by atoms with Gasteiger partial charge in [-0.15, -0.1) is 13.2 Å². The lowest BCUT2D eigenvalue weighted by atomic mass is 9.94. The van der Waals surface area contributed by atoms with Crippen molar-refractivity contribution in [2.75, 3.05) is 168 Å². The highest BCUT2D eigenvalue weighted by molar-refractivity contribution is 5.07. The summed E-state index contributed by atoms with van der Waals surface area (Å²) in [4.78, 5) is 0. The van der Waals surface area contributed by atoms with Crippen LogP contribution in [0.1, 0.15) is 0 Å². The highest BCUT2D eigenvalue weighted by Crippen LogP contribution is 2.43. The third kappa shape index (κ3) is 16.9. The van der Waals surface area contributed by atoms with Crippen LogP contribution in [-0.4, -0.2) is 383 Å². The zero-order valence-electron chi connectivity index (χ0n) is 58.8. The van der Waals surface area contributed by atoms with Crippen LogP contribution < -0.4 is 0 Å². The summed E-state index contributed by atoms with van der Waals surface area (Å²) in [6.45, 7) is 8.13. The second kappa shape index (κ2) is 38.6. The average Bonchev–Trinajstić information content (AvgIpc) is 0.771. The summed E-state index contributed by atoms with van der Waals surface area (Å²) in [6.07, 6.45) is -32.6. The number of ether oxygens (including phenoxy) is 33. The summed E-state index contributed by atoms with van der Waals surface area (Å²) >= 11 is 0. The number of hydrogen-bond donors (Lipinski definition) is 0. The molecule has 0 aromatic rings. The molecular weight excluding hydrogens is 1280 g/mol. The molecule has 0 spiro atoms. The average molecular weight is 1390 g/mol. The van der Waals surface area contributed by atoms with E-state index in [1.165, 1.54) is 135 Å². The largest absolute Gasteiger partial charge is 0.382 e. The summed E-state index contributed by atoms with van der Waals surface area (Å²) in [5, 5.41) is 0. The summed E-state index contributed by atoms with van der Waals surface area (Å²) in [6, 6.07) is 0. The van der Waals surface area contributed by atoms with Gasteiger partial charge in [0.1, 0.15) is 171 Å². The topological polar surface area (TPSA) is 305 Å². The monoisotopic (exact) mass is 1390 g/mol. The molecule has 33 heteroatoms. The van der Waals surface area contributed by atoms with Gasteiger partial charge in [0, 0.05) is 135 Å². The molecule has 0 aromatic heterocycles. The molecule has 558 valence electrons. The van der Waals surface area contributed by atoms with Gasteiger partial charge < -0.3 is 156 Å². The van der Waals surface area contributed by atoms with Crippen molar-refractivity contribution < 1.29 is 156 Å². The van der Waals surface area contributed by atoms with E-state index in [1.54, 1.807) is 12.2 Å². The van der Waals surface area contributed by atoms with Gasteiger partial charge in [0.15, 0.2) is 44.0 Å². The van der Waals surface area contributed by atoms with Gasteiger partial charge in [-0.3, -0.25) is 0 Å². The van der Waals surface area contributed by atoms with Gasteiger partial charge >= 0.3 is 0 Å². The highest BCUT2D eigenvalue weighted by Gasteiger charge is 2.62. The van der Waals surface area contributed by atoms with Gasteiger partial charge in [-0.1, -0.05) is 12.2 Å². The van der Waals surface area contributed by atoms with E-state index in [4.69, 9.17) is 156 Å². The predicted octanol–water partition coefficient (Wildman–Crippen LogP) is -0.415. The lowest BCUT2D eigenvalue weighted by Gasteiger charge is -2.52. The second-order valence-corrected chi connectivity index (χ2v) is 23.9. The second-order valence-electron chi connectivity index (χ2n) is 23.9. The molecule has 35 atom stereocenters. The van der Waals surface area contributed by atoms with Crippen molar-refractivity contribution in [2.24, 2.45) is 0 Å². The van der Waals surface area contributed by atoms with Crippen LogP contribution in [0.25, 0.3) is 0 Å². The Kier molecular flexibility index (Phi) is 32.1. The summed E-state index contributed by atoms with van der Waals surface area (Å²) in [7, 11) is 28.6. The fraction of sp³-hybridized carbons (Fsp3) is 0.937. The van der Waals surface area contributed by atoms with Crippen LogP contribution in [0.3, 0.4) is 0 Å². The zero-order chi connectivity index (χ0) is 69.5. The predicted molar refractivity (Wildman–Crippen MR) is 326 cm³/mol. The Labute approximate surface area is 563 Å². The molecule has 0 aliphatic carbocycles. The van der Waals surface area contributed by atoms with Crippen molar-refractivity contribution in [1.29, 1.82) is 0 Å². The Morgan fingerprint density at radius 1 is 0.198 bits per heavy atom. The smallest absolute Gasteiger partial charge is 0.187 e. The van der Waals surface area contributed by atoms with E-state index < -0.39 is 215 Å². The van der Waals surface area contributed by atoms with Crippen molar-refractivity contribution in [3.8, 4) is 0 Å². The van der Waals surface area contributed by atoms with Gasteiger partial charge in [0.05, 0.1) is 33.0 Å². The third-order valence-corrected chi connectivity index (χ3v) is 19.0. The summed E-state index contributed by atoms with van der Waals surface area (Å²) in [5.41, 5.74) is 0. The Hall–Kier alpha value is -1.84. The maximum atomic E-state index is 7.02. The van der Waals surface area contributed by atoms with Crippen LogP contribution in [-0.2, 0) is 156 Å². The van der Waals surface area contributed by atoms with Crippen LogP contribution in [0.15, 0.2) is 25.3 Å². The summed E-state index contributed by atoms with van der Waals surface area (Å²) in [5.74, 6) is 0. The maximum Gasteiger partial charge on any atom is 0.187 e. The van der Waals surface area contributed by atoms with E-state index in [2.05, 4.69) is 13.2 Å². The molecular formula is C63H108O33. The number of hydrogen-bond acceptors (Lipinski definition) is 33. The molecule has 0 unspecified atom stereocenters. The van der Waals surface area contributed by atoms with E-state index in [-0.39, 0.29) is 33.0 Å². The molecule has 0 aromatic carbocycles. The fourth-order valence-corrected chi connectivity index (χ4v) is 14.5. The quantitative estimate of drug-likeness (QED) is 0.0994. The molecule has 0 radical (unpaired) electrons. The van der Waals surface area contributed by atoms with Crippen LogP contribution >= 0.6 is 0 Å². The first-order chi connectivity index (χ1) is 46.7. The van der Waals surface area contributed by atoms with Crippen molar-refractivity contribution in [3.63, 3.8) is 0 Å².